The Morgan fingerprint density at radius 1 is 1.45 bits per heavy atom. The molecule has 0 aromatic heterocycles. The van der Waals surface area contributed by atoms with E-state index >= 15 is 0 Å². The molecule has 5 nitrogen and oxygen atoms in total. The average molecular weight is 322 g/mol. The van der Waals surface area contributed by atoms with Crippen molar-refractivity contribution in [3.8, 4) is 0 Å². The van der Waals surface area contributed by atoms with E-state index in [4.69, 9.17) is 0 Å². The van der Waals surface area contributed by atoms with Gasteiger partial charge in [0.05, 0.1) is 19.4 Å². The highest BCUT2D eigenvalue weighted by Gasteiger charge is 2.22. The van der Waals surface area contributed by atoms with E-state index in [0.717, 1.165) is 42.3 Å². The van der Waals surface area contributed by atoms with Gasteiger partial charge in [-0.25, -0.2) is 0 Å². The fourth-order valence-electron chi connectivity index (χ4n) is 2.31. The fourth-order valence-corrected chi connectivity index (χ4v) is 3.18. The summed E-state index contributed by atoms with van der Waals surface area (Å²) in [7, 11) is 1.40. The number of nitrogens with one attached hydrogen (secondary N) is 2. The number of hydrogen-bond acceptors (Lipinski definition) is 5. The predicted molar refractivity (Wildman–Crippen MR) is 88.8 cm³/mol. The van der Waals surface area contributed by atoms with Crippen molar-refractivity contribution in [2.75, 3.05) is 31.3 Å². The van der Waals surface area contributed by atoms with E-state index in [1.54, 1.807) is 11.8 Å². The van der Waals surface area contributed by atoms with Gasteiger partial charge in [-0.15, -0.1) is 0 Å². The molecular formula is C16H22N2O3S. The second-order valence-electron chi connectivity index (χ2n) is 5.26. The first-order valence-electron chi connectivity index (χ1n) is 7.44. The molecule has 1 aromatic rings. The third kappa shape index (κ3) is 5.35. The Kier molecular flexibility index (Phi) is 6.74. The number of thioether (sulfide) groups is 1. The van der Waals surface area contributed by atoms with Crippen LogP contribution in [-0.2, 0) is 20.1 Å². The summed E-state index contributed by atoms with van der Waals surface area (Å²) in [4.78, 5) is 23.1. The summed E-state index contributed by atoms with van der Waals surface area (Å²) >= 11 is 1.68. The van der Waals surface area contributed by atoms with E-state index in [0.29, 0.717) is 6.42 Å². The van der Waals surface area contributed by atoms with Gasteiger partial charge in [0.15, 0.2) is 0 Å². The number of benzene rings is 1. The number of carbonyl (C=O) groups excluding carboxylic acids is 2. The molecular weight excluding hydrogens is 300 g/mol. The minimum atomic E-state index is -0.182. The average Bonchev–Trinajstić information content (AvgIpc) is 3.06. The van der Waals surface area contributed by atoms with Crippen LogP contribution < -0.4 is 10.6 Å². The van der Waals surface area contributed by atoms with Crippen LogP contribution in [0.3, 0.4) is 0 Å². The Balaban J connectivity index is 1.79. The minimum absolute atomic E-state index is 0.0677. The van der Waals surface area contributed by atoms with Crippen LogP contribution in [0.1, 0.15) is 18.4 Å². The first-order chi connectivity index (χ1) is 10.7. The fraction of sp³-hybridized carbons (Fsp3) is 0.500. The van der Waals surface area contributed by atoms with E-state index in [1.807, 2.05) is 24.3 Å². The predicted octanol–water partition coefficient (Wildman–Crippen LogP) is 2.03. The van der Waals surface area contributed by atoms with E-state index in [2.05, 4.69) is 15.4 Å². The highest BCUT2D eigenvalue weighted by Crippen LogP contribution is 2.18. The maximum atomic E-state index is 12.1. The number of carbonyl (C=O) groups is 2. The molecule has 1 saturated heterocycles. The van der Waals surface area contributed by atoms with Gasteiger partial charge in [0.2, 0.25) is 5.91 Å². The molecule has 1 heterocycles. The lowest BCUT2D eigenvalue weighted by Gasteiger charge is -2.11. The molecule has 0 spiro atoms. The summed E-state index contributed by atoms with van der Waals surface area (Å²) in [6, 6.07) is 7.87. The Hall–Kier alpha value is -1.53. The van der Waals surface area contributed by atoms with Gasteiger partial charge < -0.3 is 15.4 Å². The summed E-state index contributed by atoms with van der Waals surface area (Å²) in [5.74, 6) is 1.51. The third-order valence-corrected chi connectivity index (χ3v) is 4.60. The summed E-state index contributed by atoms with van der Waals surface area (Å²) in [6.45, 7) is 1.67. The zero-order valence-electron chi connectivity index (χ0n) is 12.8. The maximum absolute atomic E-state index is 12.1. The number of ether oxygens (including phenoxy) is 1. The van der Waals surface area contributed by atoms with Gasteiger partial charge in [0, 0.05) is 23.7 Å². The van der Waals surface area contributed by atoms with Crippen LogP contribution in [0.4, 0.5) is 5.69 Å². The molecule has 2 N–H and O–H groups in total. The first kappa shape index (κ1) is 16.8. The van der Waals surface area contributed by atoms with Crippen molar-refractivity contribution in [2.45, 2.75) is 18.6 Å². The van der Waals surface area contributed by atoms with E-state index in [1.165, 1.54) is 7.11 Å². The van der Waals surface area contributed by atoms with Gasteiger partial charge in [0.25, 0.3) is 0 Å². The topological polar surface area (TPSA) is 67.4 Å². The van der Waals surface area contributed by atoms with Crippen molar-refractivity contribution in [3.05, 3.63) is 29.8 Å². The Bertz CT molecular complexity index is 516. The first-order valence-corrected chi connectivity index (χ1v) is 8.59. The Morgan fingerprint density at radius 2 is 2.32 bits per heavy atom. The molecule has 1 amide bonds. The van der Waals surface area contributed by atoms with Crippen molar-refractivity contribution in [2.24, 2.45) is 5.92 Å². The normalized spacial score (nSPS) is 17.2. The van der Waals surface area contributed by atoms with Gasteiger partial charge in [0.1, 0.15) is 0 Å². The zero-order valence-corrected chi connectivity index (χ0v) is 13.6. The number of amides is 1. The van der Waals surface area contributed by atoms with Crippen LogP contribution in [0.25, 0.3) is 0 Å². The van der Waals surface area contributed by atoms with E-state index in [9.17, 15) is 9.59 Å². The summed E-state index contributed by atoms with van der Waals surface area (Å²) < 4.78 is 4.61. The molecule has 120 valence electrons. The van der Waals surface area contributed by atoms with Crippen molar-refractivity contribution >= 4 is 29.3 Å². The molecule has 1 atom stereocenters. The molecule has 1 aliphatic heterocycles. The van der Waals surface area contributed by atoms with E-state index in [-0.39, 0.29) is 17.8 Å². The molecule has 1 aromatic carbocycles. The van der Waals surface area contributed by atoms with Crippen molar-refractivity contribution in [1.29, 1.82) is 0 Å². The number of rotatable bonds is 7. The minimum Gasteiger partial charge on any atom is -0.469 e. The van der Waals surface area contributed by atoms with E-state index < -0.39 is 0 Å². The molecule has 1 fully saturated rings. The summed E-state index contributed by atoms with van der Waals surface area (Å²) in [6.07, 6.45) is 1.32. The maximum Gasteiger partial charge on any atom is 0.306 e. The molecule has 0 saturated carbocycles. The van der Waals surface area contributed by atoms with Crippen molar-refractivity contribution < 1.29 is 14.3 Å². The largest absolute Gasteiger partial charge is 0.469 e. The third-order valence-electron chi connectivity index (χ3n) is 3.57. The lowest BCUT2D eigenvalue weighted by Crippen LogP contribution is -2.24. The lowest BCUT2D eigenvalue weighted by atomic mass is 10.1. The molecule has 6 heteroatoms. The van der Waals surface area contributed by atoms with Crippen LogP contribution in [0.5, 0.6) is 0 Å². The molecule has 0 bridgehead atoms. The van der Waals surface area contributed by atoms with Crippen LogP contribution in [0, 0.1) is 5.92 Å². The smallest absolute Gasteiger partial charge is 0.306 e. The number of methoxy groups -OCH3 is 1. The molecule has 22 heavy (non-hydrogen) atoms. The monoisotopic (exact) mass is 322 g/mol. The quantitative estimate of drug-likeness (QED) is 0.594. The van der Waals surface area contributed by atoms with Crippen molar-refractivity contribution in [3.63, 3.8) is 0 Å². The van der Waals surface area contributed by atoms with Gasteiger partial charge in [-0.3, -0.25) is 9.59 Å². The van der Waals surface area contributed by atoms with Gasteiger partial charge in [-0.05, 0) is 30.7 Å². The van der Waals surface area contributed by atoms with Gasteiger partial charge >= 0.3 is 5.97 Å². The highest BCUT2D eigenvalue weighted by molar-refractivity contribution is 7.98. The molecule has 1 unspecified atom stereocenters. The molecule has 0 aliphatic carbocycles. The standard InChI is InChI=1S/C16H22N2O3S/c1-21-15(19)6-8-22-11-12-3-2-4-14(9-12)18-16(20)13-5-7-17-10-13/h2-4,9,13,17H,5-8,10-11H2,1H3,(H,18,20). The second-order valence-corrected chi connectivity index (χ2v) is 6.36. The van der Waals surface area contributed by atoms with Crippen LogP contribution in [0.15, 0.2) is 24.3 Å². The van der Waals surface area contributed by atoms with Gasteiger partial charge in [-0.2, -0.15) is 11.8 Å². The SMILES string of the molecule is COC(=O)CCSCc1cccc(NC(=O)C2CCNC2)c1. The summed E-state index contributed by atoms with van der Waals surface area (Å²) in [5, 5.41) is 6.18. The number of hydrogen-bond donors (Lipinski definition) is 2. The van der Waals surface area contributed by atoms with Gasteiger partial charge in [-0.1, -0.05) is 12.1 Å². The number of esters is 1. The van der Waals surface area contributed by atoms with Crippen molar-refractivity contribution in [1.82, 2.24) is 5.32 Å². The van der Waals surface area contributed by atoms with Crippen LogP contribution in [0.2, 0.25) is 0 Å². The molecule has 0 radical (unpaired) electrons. The Labute approximate surface area is 135 Å². The Morgan fingerprint density at radius 3 is 3.05 bits per heavy atom. The molecule has 2 rings (SSSR count). The lowest BCUT2D eigenvalue weighted by molar-refractivity contribution is -0.140. The second kappa shape index (κ2) is 8.80. The zero-order chi connectivity index (χ0) is 15.8. The molecule has 1 aliphatic rings. The summed E-state index contributed by atoms with van der Waals surface area (Å²) in [5.41, 5.74) is 1.97. The van der Waals surface area contributed by atoms with Crippen LogP contribution in [-0.4, -0.2) is 37.8 Å². The van der Waals surface area contributed by atoms with Crippen LogP contribution >= 0.6 is 11.8 Å². The number of anilines is 1. The highest BCUT2D eigenvalue weighted by atomic mass is 32.2.